The van der Waals surface area contributed by atoms with Crippen molar-refractivity contribution >= 4 is 46.3 Å². The van der Waals surface area contributed by atoms with Crippen molar-refractivity contribution in [1.29, 1.82) is 0 Å². The van der Waals surface area contributed by atoms with Gasteiger partial charge in [-0.25, -0.2) is 0 Å². The van der Waals surface area contributed by atoms with E-state index in [9.17, 15) is 4.79 Å². The normalized spacial score (nSPS) is 10.3. The SMILES string of the molecule is O=C(CNc1c(Cl)cccc1Cl)c1ccc(Cl)cc1. The van der Waals surface area contributed by atoms with Crippen LogP contribution >= 0.6 is 34.8 Å². The Morgan fingerprint density at radius 2 is 1.53 bits per heavy atom. The molecule has 1 N–H and O–H groups in total. The van der Waals surface area contributed by atoms with Crippen molar-refractivity contribution in [3.8, 4) is 0 Å². The van der Waals surface area contributed by atoms with Crippen molar-refractivity contribution in [1.82, 2.24) is 0 Å². The lowest BCUT2D eigenvalue weighted by atomic mass is 10.1. The van der Waals surface area contributed by atoms with E-state index in [1.807, 2.05) is 0 Å². The van der Waals surface area contributed by atoms with Crippen LogP contribution in [0.15, 0.2) is 42.5 Å². The van der Waals surface area contributed by atoms with E-state index in [0.717, 1.165) is 0 Å². The Balaban J connectivity index is 2.06. The minimum absolute atomic E-state index is 0.0624. The Kier molecular flexibility index (Phi) is 4.70. The largest absolute Gasteiger partial charge is 0.375 e. The van der Waals surface area contributed by atoms with Crippen molar-refractivity contribution in [2.45, 2.75) is 0 Å². The molecular formula is C14H10Cl3NO. The number of carbonyl (C=O) groups is 1. The summed E-state index contributed by atoms with van der Waals surface area (Å²) in [6.07, 6.45) is 0. The molecule has 0 aliphatic carbocycles. The number of hydrogen-bond donors (Lipinski definition) is 1. The number of para-hydroxylation sites is 1. The number of benzene rings is 2. The van der Waals surface area contributed by atoms with Crippen LogP contribution < -0.4 is 5.32 Å². The van der Waals surface area contributed by atoms with Gasteiger partial charge < -0.3 is 5.32 Å². The van der Waals surface area contributed by atoms with Gasteiger partial charge in [0.25, 0.3) is 0 Å². The Hall–Kier alpha value is -1.22. The Morgan fingerprint density at radius 1 is 0.947 bits per heavy atom. The van der Waals surface area contributed by atoms with Crippen LogP contribution in [0.4, 0.5) is 5.69 Å². The number of rotatable bonds is 4. The molecular weight excluding hydrogens is 305 g/mol. The average molecular weight is 315 g/mol. The van der Waals surface area contributed by atoms with Crippen LogP contribution in [0.1, 0.15) is 10.4 Å². The lowest BCUT2D eigenvalue weighted by Gasteiger charge is -2.09. The van der Waals surface area contributed by atoms with Gasteiger partial charge in [0.15, 0.2) is 5.78 Å². The molecule has 0 atom stereocenters. The highest BCUT2D eigenvalue weighted by Crippen LogP contribution is 2.29. The maximum absolute atomic E-state index is 12.0. The van der Waals surface area contributed by atoms with Crippen molar-refractivity contribution in [3.05, 3.63) is 63.1 Å². The van der Waals surface area contributed by atoms with Crippen LogP contribution in [0, 0.1) is 0 Å². The molecule has 0 amide bonds. The predicted molar refractivity (Wildman–Crippen MR) is 80.7 cm³/mol. The van der Waals surface area contributed by atoms with Crippen molar-refractivity contribution in [3.63, 3.8) is 0 Å². The molecule has 0 saturated heterocycles. The number of nitrogens with one attached hydrogen (secondary N) is 1. The molecule has 98 valence electrons. The summed E-state index contributed by atoms with van der Waals surface area (Å²) in [6, 6.07) is 11.9. The number of anilines is 1. The fourth-order valence-corrected chi connectivity index (χ4v) is 2.23. The van der Waals surface area contributed by atoms with Gasteiger partial charge in [0.05, 0.1) is 22.3 Å². The van der Waals surface area contributed by atoms with Gasteiger partial charge in [0.2, 0.25) is 0 Å². The third kappa shape index (κ3) is 3.63. The molecule has 0 aliphatic rings. The summed E-state index contributed by atoms with van der Waals surface area (Å²) < 4.78 is 0. The van der Waals surface area contributed by atoms with E-state index >= 15 is 0 Å². The maximum Gasteiger partial charge on any atom is 0.181 e. The topological polar surface area (TPSA) is 29.1 Å². The van der Waals surface area contributed by atoms with Gasteiger partial charge in [-0.3, -0.25) is 4.79 Å². The van der Waals surface area contributed by atoms with Gasteiger partial charge in [-0.2, -0.15) is 0 Å². The summed E-state index contributed by atoms with van der Waals surface area (Å²) in [5.74, 6) is -0.0624. The molecule has 19 heavy (non-hydrogen) atoms. The summed E-state index contributed by atoms with van der Waals surface area (Å²) in [5, 5.41) is 4.51. The van der Waals surface area contributed by atoms with Gasteiger partial charge in [-0.05, 0) is 36.4 Å². The van der Waals surface area contributed by atoms with E-state index in [-0.39, 0.29) is 12.3 Å². The van der Waals surface area contributed by atoms with Crippen molar-refractivity contribution in [2.75, 3.05) is 11.9 Å². The second-order valence-corrected chi connectivity index (χ2v) is 5.13. The molecule has 0 aliphatic heterocycles. The Labute approximate surface area is 126 Å². The quantitative estimate of drug-likeness (QED) is 0.810. The molecule has 2 aromatic rings. The zero-order valence-corrected chi connectivity index (χ0v) is 12.1. The molecule has 0 aromatic heterocycles. The lowest BCUT2D eigenvalue weighted by Crippen LogP contribution is -2.14. The predicted octanol–water partition coefficient (Wildman–Crippen LogP) is 4.94. The smallest absolute Gasteiger partial charge is 0.181 e. The van der Waals surface area contributed by atoms with Gasteiger partial charge in [0.1, 0.15) is 0 Å². The Bertz CT molecular complexity index is 576. The van der Waals surface area contributed by atoms with Gasteiger partial charge in [-0.15, -0.1) is 0 Å². The number of ketones is 1. The molecule has 0 heterocycles. The highest BCUT2D eigenvalue weighted by molar-refractivity contribution is 6.39. The monoisotopic (exact) mass is 313 g/mol. The fraction of sp³-hybridized carbons (Fsp3) is 0.0714. The standard InChI is InChI=1S/C14H10Cl3NO/c15-10-6-4-9(5-7-10)13(19)8-18-14-11(16)2-1-3-12(14)17/h1-7,18H,8H2. The molecule has 0 unspecified atom stereocenters. The number of hydrogen-bond acceptors (Lipinski definition) is 2. The first-order valence-corrected chi connectivity index (χ1v) is 6.68. The van der Waals surface area contributed by atoms with Crippen LogP contribution in [0.5, 0.6) is 0 Å². The van der Waals surface area contributed by atoms with E-state index in [1.165, 1.54) is 0 Å². The third-order valence-corrected chi connectivity index (χ3v) is 3.44. The highest BCUT2D eigenvalue weighted by Gasteiger charge is 2.09. The van der Waals surface area contributed by atoms with Gasteiger partial charge in [-0.1, -0.05) is 40.9 Å². The molecule has 0 spiro atoms. The summed E-state index contributed by atoms with van der Waals surface area (Å²) in [6.45, 7) is 0.116. The average Bonchev–Trinajstić information content (AvgIpc) is 2.38. The van der Waals surface area contributed by atoms with E-state index < -0.39 is 0 Å². The molecule has 5 heteroatoms. The maximum atomic E-state index is 12.0. The van der Waals surface area contributed by atoms with Gasteiger partial charge in [0, 0.05) is 10.6 Å². The lowest BCUT2D eigenvalue weighted by molar-refractivity contribution is 0.101. The minimum atomic E-state index is -0.0624. The molecule has 0 bridgehead atoms. The summed E-state index contributed by atoms with van der Waals surface area (Å²) in [5.41, 5.74) is 1.15. The van der Waals surface area contributed by atoms with E-state index in [1.54, 1.807) is 42.5 Å². The second kappa shape index (κ2) is 6.29. The summed E-state index contributed by atoms with van der Waals surface area (Å²) >= 11 is 17.8. The van der Waals surface area contributed by atoms with E-state index in [4.69, 9.17) is 34.8 Å². The number of halogens is 3. The van der Waals surface area contributed by atoms with E-state index in [0.29, 0.717) is 26.3 Å². The zero-order chi connectivity index (χ0) is 13.8. The van der Waals surface area contributed by atoms with Crippen LogP contribution in [-0.4, -0.2) is 12.3 Å². The van der Waals surface area contributed by atoms with Crippen LogP contribution in [-0.2, 0) is 0 Å². The first-order valence-electron chi connectivity index (χ1n) is 5.54. The second-order valence-electron chi connectivity index (χ2n) is 3.88. The minimum Gasteiger partial charge on any atom is -0.375 e. The molecule has 0 radical (unpaired) electrons. The molecule has 0 saturated carbocycles. The molecule has 0 fully saturated rings. The third-order valence-electron chi connectivity index (χ3n) is 2.55. The zero-order valence-electron chi connectivity index (χ0n) is 9.79. The highest BCUT2D eigenvalue weighted by atomic mass is 35.5. The van der Waals surface area contributed by atoms with Gasteiger partial charge >= 0.3 is 0 Å². The molecule has 2 nitrogen and oxygen atoms in total. The number of carbonyl (C=O) groups excluding carboxylic acids is 1. The van der Waals surface area contributed by atoms with Crippen molar-refractivity contribution in [2.24, 2.45) is 0 Å². The van der Waals surface area contributed by atoms with Crippen molar-refractivity contribution < 1.29 is 4.79 Å². The van der Waals surface area contributed by atoms with Crippen LogP contribution in [0.25, 0.3) is 0 Å². The first kappa shape index (κ1) is 14.2. The van der Waals surface area contributed by atoms with Crippen LogP contribution in [0.3, 0.4) is 0 Å². The molecule has 2 rings (SSSR count). The van der Waals surface area contributed by atoms with E-state index in [2.05, 4.69) is 5.32 Å². The fourth-order valence-electron chi connectivity index (χ4n) is 1.57. The Morgan fingerprint density at radius 3 is 2.11 bits per heavy atom. The summed E-state index contributed by atoms with van der Waals surface area (Å²) in [4.78, 5) is 12.0. The van der Waals surface area contributed by atoms with Crippen LogP contribution in [0.2, 0.25) is 15.1 Å². The summed E-state index contributed by atoms with van der Waals surface area (Å²) in [7, 11) is 0. The number of Topliss-reactive ketones (excluding diaryl/α,β-unsaturated/α-hetero) is 1. The molecule has 2 aromatic carbocycles. The first-order chi connectivity index (χ1) is 9.08.